The number of aliphatic carboxylic acids is 1. The standard InChI is InChI=1S/C22H27FO5/c1-11-8-15-13-10-17(23)16-9-12(24)4-6-20(16,2)14(13)5-7-21(15,3)22(11,28)18(25)19(26)27/h5,9,11,13,15,17,28H,4,6-8,10H2,1-3H3,(H,26,27)/t11?,13-,15+,17+,20-,21+,22+/m1/s1. The number of ketones is 2. The Labute approximate surface area is 163 Å². The first kappa shape index (κ1) is 19.5. The normalized spacial score (nSPS) is 47.4. The number of carboxylic acids is 1. The maximum absolute atomic E-state index is 15.2. The summed E-state index contributed by atoms with van der Waals surface area (Å²) in [6, 6.07) is 0. The summed E-state index contributed by atoms with van der Waals surface area (Å²) < 4.78 is 15.2. The van der Waals surface area contributed by atoms with E-state index in [1.54, 1.807) is 13.8 Å². The van der Waals surface area contributed by atoms with Gasteiger partial charge in [-0.3, -0.25) is 9.59 Å². The molecule has 0 saturated heterocycles. The van der Waals surface area contributed by atoms with Crippen LogP contribution in [0.1, 0.15) is 52.9 Å². The first-order valence-electron chi connectivity index (χ1n) is 10.1. The maximum Gasteiger partial charge on any atom is 0.375 e. The number of hydrogen-bond donors (Lipinski definition) is 2. The van der Waals surface area contributed by atoms with Crippen molar-refractivity contribution in [2.75, 3.05) is 0 Å². The summed E-state index contributed by atoms with van der Waals surface area (Å²) in [6.07, 6.45) is 4.25. The Morgan fingerprint density at radius 3 is 2.54 bits per heavy atom. The van der Waals surface area contributed by atoms with Crippen LogP contribution in [-0.2, 0) is 14.4 Å². The van der Waals surface area contributed by atoms with Crippen molar-refractivity contribution >= 4 is 17.5 Å². The van der Waals surface area contributed by atoms with Gasteiger partial charge in [0, 0.05) is 17.3 Å². The highest BCUT2D eigenvalue weighted by atomic mass is 19.1. The Balaban J connectivity index is 1.82. The van der Waals surface area contributed by atoms with Crippen LogP contribution in [0.4, 0.5) is 4.39 Å². The van der Waals surface area contributed by atoms with E-state index in [1.807, 2.05) is 13.0 Å². The SMILES string of the molecule is CC1C[C@H]2[C@@H]3C[C@H](F)C4=CC(=O)CC[C@]4(C)C3=CC[C@]2(C)[C@@]1(O)C(=O)C(=O)O. The molecule has 0 aromatic rings. The van der Waals surface area contributed by atoms with Gasteiger partial charge in [-0.05, 0) is 55.1 Å². The van der Waals surface area contributed by atoms with Gasteiger partial charge in [0.05, 0.1) is 0 Å². The number of carbonyl (C=O) groups excluding carboxylic acids is 2. The summed E-state index contributed by atoms with van der Waals surface area (Å²) in [5.41, 5.74) is -1.77. The molecule has 0 bridgehead atoms. The van der Waals surface area contributed by atoms with Crippen LogP contribution in [0.5, 0.6) is 0 Å². The van der Waals surface area contributed by atoms with Crippen molar-refractivity contribution in [3.63, 3.8) is 0 Å². The van der Waals surface area contributed by atoms with Crippen molar-refractivity contribution in [3.8, 4) is 0 Å². The Bertz CT molecular complexity index is 844. The van der Waals surface area contributed by atoms with Gasteiger partial charge in [-0.15, -0.1) is 0 Å². The van der Waals surface area contributed by atoms with E-state index in [0.717, 1.165) is 5.57 Å². The molecule has 0 spiro atoms. The van der Waals surface area contributed by atoms with E-state index in [0.29, 0.717) is 31.3 Å². The summed E-state index contributed by atoms with van der Waals surface area (Å²) in [5.74, 6) is -3.68. The summed E-state index contributed by atoms with van der Waals surface area (Å²) in [7, 11) is 0. The average molecular weight is 390 g/mol. The summed E-state index contributed by atoms with van der Waals surface area (Å²) in [6.45, 7) is 5.48. The van der Waals surface area contributed by atoms with Gasteiger partial charge in [0.2, 0.25) is 0 Å². The van der Waals surface area contributed by atoms with E-state index in [1.165, 1.54) is 6.08 Å². The monoisotopic (exact) mass is 390 g/mol. The van der Waals surface area contributed by atoms with Crippen molar-refractivity contribution in [1.29, 1.82) is 0 Å². The first-order valence-corrected chi connectivity index (χ1v) is 10.1. The number of carboxylic acid groups (broad SMARTS) is 1. The van der Waals surface area contributed by atoms with E-state index in [-0.39, 0.29) is 24.0 Å². The second-order valence-electron chi connectivity index (χ2n) is 9.63. The molecule has 0 radical (unpaired) electrons. The molecule has 0 aromatic heterocycles. The number of carbonyl (C=O) groups is 3. The van der Waals surface area contributed by atoms with Crippen LogP contribution < -0.4 is 0 Å². The maximum atomic E-state index is 15.2. The van der Waals surface area contributed by atoms with Crippen molar-refractivity contribution < 1.29 is 29.0 Å². The third kappa shape index (κ3) is 2.18. The molecule has 0 aliphatic heterocycles. The van der Waals surface area contributed by atoms with Gasteiger partial charge < -0.3 is 10.2 Å². The van der Waals surface area contributed by atoms with E-state index in [4.69, 9.17) is 0 Å². The predicted octanol–water partition coefficient (Wildman–Crippen LogP) is 3.02. The summed E-state index contributed by atoms with van der Waals surface area (Å²) in [4.78, 5) is 35.8. The lowest BCUT2D eigenvalue weighted by molar-refractivity contribution is -0.172. The molecular formula is C22H27FO5. The van der Waals surface area contributed by atoms with Crippen LogP contribution in [0, 0.1) is 28.6 Å². The molecule has 2 fully saturated rings. The number of aliphatic hydroxyl groups is 1. The number of halogens is 1. The fourth-order valence-electron chi connectivity index (χ4n) is 6.85. The van der Waals surface area contributed by atoms with Gasteiger partial charge in [-0.1, -0.05) is 32.4 Å². The molecule has 4 aliphatic rings. The largest absolute Gasteiger partial charge is 0.475 e. The van der Waals surface area contributed by atoms with Crippen molar-refractivity contribution in [2.45, 2.75) is 64.6 Å². The number of Topliss-reactive ketones (excluding diaryl/α,β-unsaturated/α-hetero) is 1. The molecule has 4 rings (SSSR count). The predicted molar refractivity (Wildman–Crippen MR) is 99.1 cm³/mol. The molecule has 0 heterocycles. The third-order valence-corrected chi connectivity index (χ3v) is 8.44. The van der Waals surface area contributed by atoms with Crippen LogP contribution in [-0.4, -0.2) is 39.5 Å². The fourth-order valence-corrected chi connectivity index (χ4v) is 6.85. The average Bonchev–Trinajstić information content (AvgIpc) is 2.84. The lowest BCUT2D eigenvalue weighted by Crippen LogP contribution is -2.59. The van der Waals surface area contributed by atoms with Gasteiger partial charge in [0.15, 0.2) is 5.78 Å². The van der Waals surface area contributed by atoms with Crippen LogP contribution >= 0.6 is 0 Å². The van der Waals surface area contributed by atoms with Crippen LogP contribution in [0.3, 0.4) is 0 Å². The lowest BCUT2D eigenvalue weighted by atomic mass is 9.50. The minimum absolute atomic E-state index is 0.0364. The van der Waals surface area contributed by atoms with E-state index in [2.05, 4.69) is 0 Å². The zero-order chi connectivity index (χ0) is 20.6. The van der Waals surface area contributed by atoms with Crippen molar-refractivity contribution in [3.05, 3.63) is 23.3 Å². The summed E-state index contributed by atoms with van der Waals surface area (Å²) >= 11 is 0. The molecule has 1 unspecified atom stereocenters. The fraction of sp³-hybridized carbons (Fsp3) is 0.682. The second kappa shape index (κ2) is 5.85. The van der Waals surface area contributed by atoms with Crippen molar-refractivity contribution in [2.24, 2.45) is 28.6 Å². The Hall–Kier alpha value is -1.82. The Morgan fingerprint density at radius 1 is 1.21 bits per heavy atom. The Morgan fingerprint density at radius 2 is 1.89 bits per heavy atom. The van der Waals surface area contributed by atoms with Gasteiger partial charge in [0.25, 0.3) is 5.78 Å². The number of hydrogen-bond acceptors (Lipinski definition) is 4. The summed E-state index contributed by atoms with van der Waals surface area (Å²) in [5, 5.41) is 20.6. The molecule has 2 N–H and O–H groups in total. The second-order valence-corrected chi connectivity index (χ2v) is 9.63. The van der Waals surface area contributed by atoms with Gasteiger partial charge >= 0.3 is 5.97 Å². The molecule has 28 heavy (non-hydrogen) atoms. The van der Waals surface area contributed by atoms with E-state index >= 15 is 4.39 Å². The van der Waals surface area contributed by atoms with Crippen LogP contribution in [0.2, 0.25) is 0 Å². The lowest BCUT2D eigenvalue weighted by Gasteiger charge is -2.55. The molecule has 0 amide bonds. The number of fused-ring (bicyclic) bond motifs is 5. The van der Waals surface area contributed by atoms with Crippen LogP contribution in [0.25, 0.3) is 0 Å². The molecule has 5 nitrogen and oxygen atoms in total. The number of alkyl halides is 1. The molecule has 7 atom stereocenters. The van der Waals surface area contributed by atoms with Crippen LogP contribution in [0.15, 0.2) is 23.3 Å². The molecule has 152 valence electrons. The Kier molecular flexibility index (Phi) is 4.07. The zero-order valence-corrected chi connectivity index (χ0v) is 16.5. The van der Waals surface area contributed by atoms with Crippen molar-refractivity contribution in [1.82, 2.24) is 0 Å². The molecule has 6 heteroatoms. The highest BCUT2D eigenvalue weighted by Gasteiger charge is 2.69. The van der Waals surface area contributed by atoms with Gasteiger partial charge in [-0.2, -0.15) is 0 Å². The molecule has 0 aromatic carbocycles. The first-order chi connectivity index (χ1) is 13.0. The highest BCUT2D eigenvalue weighted by Crippen LogP contribution is 2.67. The minimum atomic E-state index is -1.96. The van der Waals surface area contributed by atoms with E-state index in [9.17, 15) is 24.6 Å². The number of allylic oxidation sites excluding steroid dienone is 4. The minimum Gasteiger partial charge on any atom is -0.475 e. The molecule has 2 saturated carbocycles. The zero-order valence-electron chi connectivity index (χ0n) is 16.5. The third-order valence-electron chi connectivity index (χ3n) is 8.44. The van der Waals surface area contributed by atoms with E-state index < -0.39 is 40.3 Å². The highest BCUT2D eigenvalue weighted by molar-refractivity contribution is 6.36. The topological polar surface area (TPSA) is 91.7 Å². The van der Waals surface area contributed by atoms with Gasteiger partial charge in [0.1, 0.15) is 11.8 Å². The number of rotatable bonds is 2. The molecular weight excluding hydrogens is 363 g/mol. The smallest absolute Gasteiger partial charge is 0.375 e. The van der Waals surface area contributed by atoms with Gasteiger partial charge in [-0.25, -0.2) is 9.18 Å². The quantitative estimate of drug-likeness (QED) is 0.559. The molecule has 4 aliphatic carbocycles.